The van der Waals surface area contributed by atoms with E-state index in [0.717, 1.165) is 10.3 Å². The molecule has 0 spiro atoms. The number of anilines is 1. The second kappa shape index (κ2) is 4.87. The molecule has 0 amide bonds. The van der Waals surface area contributed by atoms with E-state index in [4.69, 9.17) is 4.74 Å². The lowest BCUT2D eigenvalue weighted by Gasteiger charge is -2.05. The third-order valence-corrected chi connectivity index (χ3v) is 1.67. The summed E-state index contributed by atoms with van der Waals surface area (Å²) >= 11 is 3.25. The quantitative estimate of drug-likeness (QED) is 0.881. The third-order valence-electron chi connectivity index (χ3n) is 1.39. The minimum Gasteiger partial charge on any atom is -0.481 e. The van der Waals surface area contributed by atoms with Gasteiger partial charge in [0.2, 0.25) is 5.88 Å². The molecule has 0 aliphatic rings. The summed E-state index contributed by atoms with van der Waals surface area (Å²) in [6, 6.07) is 5.55. The maximum absolute atomic E-state index is 4.98. The smallest absolute Gasteiger partial charge is 0.214 e. The van der Waals surface area contributed by atoms with Gasteiger partial charge in [0, 0.05) is 17.1 Å². The predicted molar refractivity (Wildman–Crippen MR) is 57.3 cm³/mol. The average molecular weight is 243 g/mol. The predicted octanol–water partition coefficient (Wildman–Crippen LogP) is 2.41. The van der Waals surface area contributed by atoms with Crippen LogP contribution >= 0.6 is 15.9 Å². The van der Waals surface area contributed by atoms with Gasteiger partial charge in [0.05, 0.1) is 7.11 Å². The molecule has 0 saturated heterocycles. The summed E-state index contributed by atoms with van der Waals surface area (Å²) in [5, 5.41) is 3.08. The molecular formula is C9H11BrN2O. The molecule has 0 saturated carbocycles. The number of aromatic nitrogens is 1. The highest BCUT2D eigenvalue weighted by molar-refractivity contribution is 9.11. The van der Waals surface area contributed by atoms with Crippen molar-refractivity contribution in [3.63, 3.8) is 0 Å². The second-order valence-electron chi connectivity index (χ2n) is 2.44. The maximum Gasteiger partial charge on any atom is 0.214 e. The third kappa shape index (κ3) is 3.46. The first kappa shape index (κ1) is 10.1. The zero-order valence-electron chi connectivity index (χ0n) is 7.38. The molecule has 4 heteroatoms. The first-order valence-corrected chi connectivity index (χ1v) is 4.60. The Labute approximate surface area is 86.0 Å². The Hall–Kier alpha value is -1.03. The molecule has 0 aliphatic heterocycles. The van der Waals surface area contributed by atoms with Gasteiger partial charge in [-0.1, -0.05) is 28.6 Å². The van der Waals surface area contributed by atoms with Crippen LogP contribution in [0.1, 0.15) is 0 Å². The molecule has 1 heterocycles. The van der Waals surface area contributed by atoms with Crippen LogP contribution in [-0.2, 0) is 0 Å². The van der Waals surface area contributed by atoms with Gasteiger partial charge in [-0.25, -0.2) is 0 Å². The fourth-order valence-corrected chi connectivity index (χ4v) is 0.954. The molecule has 1 rings (SSSR count). The molecule has 0 fully saturated rings. The minimum atomic E-state index is 0.602. The molecule has 1 aromatic heterocycles. The van der Waals surface area contributed by atoms with Crippen molar-refractivity contribution < 1.29 is 4.74 Å². The van der Waals surface area contributed by atoms with Crippen molar-refractivity contribution in [2.75, 3.05) is 19.0 Å². The van der Waals surface area contributed by atoms with Gasteiger partial charge >= 0.3 is 0 Å². The van der Waals surface area contributed by atoms with Crippen molar-refractivity contribution >= 4 is 21.7 Å². The van der Waals surface area contributed by atoms with E-state index in [2.05, 4.69) is 32.8 Å². The molecular weight excluding hydrogens is 232 g/mol. The summed E-state index contributed by atoms with van der Waals surface area (Å²) in [6.07, 6.45) is 0. The van der Waals surface area contributed by atoms with E-state index in [-0.39, 0.29) is 0 Å². The first-order valence-electron chi connectivity index (χ1n) is 3.80. The first-order chi connectivity index (χ1) is 6.22. The van der Waals surface area contributed by atoms with Gasteiger partial charge in [-0.2, -0.15) is 4.98 Å². The molecule has 0 bridgehead atoms. The van der Waals surface area contributed by atoms with Crippen LogP contribution in [0.2, 0.25) is 0 Å². The van der Waals surface area contributed by atoms with Gasteiger partial charge in [0.15, 0.2) is 0 Å². The van der Waals surface area contributed by atoms with Crippen molar-refractivity contribution in [2.24, 2.45) is 0 Å². The number of hydrogen-bond acceptors (Lipinski definition) is 3. The van der Waals surface area contributed by atoms with E-state index in [1.54, 1.807) is 13.2 Å². The number of rotatable bonds is 4. The highest BCUT2D eigenvalue weighted by Crippen LogP contribution is 2.11. The molecule has 1 aromatic rings. The largest absolute Gasteiger partial charge is 0.481 e. The number of nitrogens with zero attached hydrogens (tertiary/aromatic N) is 1. The van der Waals surface area contributed by atoms with Gasteiger partial charge in [-0.3, -0.25) is 0 Å². The van der Waals surface area contributed by atoms with Crippen molar-refractivity contribution in [2.45, 2.75) is 0 Å². The van der Waals surface area contributed by atoms with Gasteiger partial charge in [-0.15, -0.1) is 0 Å². The molecule has 1 N–H and O–H groups in total. The van der Waals surface area contributed by atoms with E-state index < -0.39 is 0 Å². The van der Waals surface area contributed by atoms with Crippen molar-refractivity contribution in [1.29, 1.82) is 0 Å². The van der Waals surface area contributed by atoms with Gasteiger partial charge < -0.3 is 10.1 Å². The van der Waals surface area contributed by atoms with Crippen LogP contribution in [0.25, 0.3) is 0 Å². The van der Waals surface area contributed by atoms with E-state index >= 15 is 0 Å². The van der Waals surface area contributed by atoms with E-state index in [9.17, 15) is 0 Å². The maximum atomic E-state index is 4.98. The number of methoxy groups -OCH3 is 1. The summed E-state index contributed by atoms with van der Waals surface area (Å²) in [5.41, 5.74) is 0. The Bertz CT molecular complexity index is 301. The summed E-state index contributed by atoms with van der Waals surface area (Å²) in [7, 11) is 1.59. The topological polar surface area (TPSA) is 34.1 Å². The fourth-order valence-electron chi connectivity index (χ4n) is 0.813. The Morgan fingerprint density at radius 1 is 1.69 bits per heavy atom. The lowest BCUT2D eigenvalue weighted by atomic mass is 10.4. The van der Waals surface area contributed by atoms with Crippen LogP contribution in [0.15, 0.2) is 29.3 Å². The van der Waals surface area contributed by atoms with E-state index in [1.807, 2.05) is 12.1 Å². The fraction of sp³-hybridized carbons (Fsp3) is 0.222. The number of ether oxygens (including phenoxy) is 1. The molecule has 13 heavy (non-hydrogen) atoms. The number of pyridine rings is 1. The highest BCUT2D eigenvalue weighted by atomic mass is 79.9. The van der Waals surface area contributed by atoms with Gasteiger partial charge in [-0.05, 0) is 6.07 Å². The van der Waals surface area contributed by atoms with Crippen molar-refractivity contribution in [1.82, 2.24) is 4.98 Å². The molecule has 70 valence electrons. The molecule has 0 atom stereocenters. The van der Waals surface area contributed by atoms with Crippen LogP contribution in [0, 0.1) is 0 Å². The van der Waals surface area contributed by atoms with Crippen LogP contribution in [0.4, 0.5) is 5.82 Å². The molecule has 0 unspecified atom stereocenters. The van der Waals surface area contributed by atoms with Crippen molar-refractivity contribution in [3.05, 3.63) is 29.3 Å². The minimum absolute atomic E-state index is 0.602. The van der Waals surface area contributed by atoms with Gasteiger partial charge in [0.1, 0.15) is 5.82 Å². The van der Waals surface area contributed by atoms with Crippen LogP contribution in [-0.4, -0.2) is 18.6 Å². The van der Waals surface area contributed by atoms with E-state index in [0.29, 0.717) is 12.4 Å². The number of halogens is 1. The Balaban J connectivity index is 2.61. The molecule has 0 aliphatic carbocycles. The van der Waals surface area contributed by atoms with Crippen LogP contribution in [0.3, 0.4) is 0 Å². The summed E-state index contributed by atoms with van der Waals surface area (Å²) in [5.74, 6) is 1.38. The summed E-state index contributed by atoms with van der Waals surface area (Å²) < 4.78 is 5.86. The Kier molecular flexibility index (Phi) is 3.76. The molecule has 0 radical (unpaired) electrons. The average Bonchev–Trinajstić information content (AvgIpc) is 2.15. The summed E-state index contributed by atoms with van der Waals surface area (Å²) in [6.45, 7) is 4.36. The summed E-state index contributed by atoms with van der Waals surface area (Å²) in [4.78, 5) is 4.17. The molecule has 0 aromatic carbocycles. The zero-order valence-corrected chi connectivity index (χ0v) is 8.97. The second-order valence-corrected chi connectivity index (χ2v) is 3.56. The number of hydrogen-bond donors (Lipinski definition) is 1. The van der Waals surface area contributed by atoms with Crippen molar-refractivity contribution in [3.8, 4) is 5.88 Å². The van der Waals surface area contributed by atoms with Crippen LogP contribution in [0.5, 0.6) is 5.88 Å². The van der Waals surface area contributed by atoms with Gasteiger partial charge in [0.25, 0.3) is 0 Å². The Morgan fingerprint density at radius 2 is 2.46 bits per heavy atom. The lowest BCUT2D eigenvalue weighted by molar-refractivity contribution is 0.398. The lowest BCUT2D eigenvalue weighted by Crippen LogP contribution is -2.02. The SMILES string of the molecule is C=C(Br)CNc1cccc(OC)n1. The zero-order chi connectivity index (χ0) is 9.68. The Morgan fingerprint density at radius 3 is 3.08 bits per heavy atom. The monoisotopic (exact) mass is 242 g/mol. The number of nitrogens with one attached hydrogen (secondary N) is 1. The highest BCUT2D eigenvalue weighted by Gasteiger charge is 1.95. The molecule has 3 nitrogen and oxygen atoms in total. The standard InChI is InChI=1S/C9H11BrN2O/c1-7(10)6-11-8-4-3-5-9(12-8)13-2/h3-5H,1,6H2,2H3,(H,11,12). The normalized spacial score (nSPS) is 9.38. The van der Waals surface area contributed by atoms with Crippen LogP contribution < -0.4 is 10.1 Å². The van der Waals surface area contributed by atoms with E-state index in [1.165, 1.54) is 0 Å².